The maximum absolute atomic E-state index is 5.75. The molecule has 0 saturated heterocycles. The first-order valence-electron chi connectivity index (χ1n) is 11.2. The van der Waals surface area contributed by atoms with E-state index in [-0.39, 0.29) is 0 Å². The Hall–Kier alpha value is 1.81. The molecule has 0 aliphatic heterocycles. The standard InChI is InChI=1S/C6H16O2SSi.C6H16OSSi.2C4H9.Sn/c1-7-10(3,8-2)6-4-5-9;1-7-9(2,3)6-4-5-8;2*1-3-4-2;/h9H,4-6H2,1-3H3;8H,4-6H2,1-3H3;2*1,3-4H2,2H3;/q;;;;+2/p-2. The van der Waals surface area contributed by atoms with E-state index in [4.69, 9.17) is 13.3 Å². The fraction of sp³-hybridized carbons (Fsp3) is 1.00. The topological polar surface area (TPSA) is 27.7 Å². The van der Waals surface area contributed by atoms with Crippen LogP contribution in [-0.4, -0.2) is 65.3 Å². The van der Waals surface area contributed by atoms with Gasteiger partial charge in [0.25, 0.3) is 0 Å². The molecule has 28 heavy (non-hydrogen) atoms. The van der Waals surface area contributed by atoms with Crippen LogP contribution in [0.2, 0.25) is 40.6 Å². The second kappa shape index (κ2) is 16.4. The first-order chi connectivity index (χ1) is 13.2. The van der Waals surface area contributed by atoms with E-state index in [0.717, 1.165) is 6.04 Å². The molecular formula is C20H48O3S2Si2Sn. The van der Waals surface area contributed by atoms with Crippen LogP contribution in [0, 0.1) is 0 Å². The molecule has 0 aromatic heterocycles. The van der Waals surface area contributed by atoms with Gasteiger partial charge in [0.15, 0.2) is 0 Å². The summed E-state index contributed by atoms with van der Waals surface area (Å²) in [7, 11) is 7.12. The second-order valence-corrected chi connectivity index (χ2v) is 43.1. The first kappa shape index (κ1) is 29.8. The Bertz CT molecular complexity index is 378. The average molecular weight is 576 g/mol. The van der Waals surface area contributed by atoms with Gasteiger partial charge in [0.05, 0.1) is 0 Å². The molecule has 0 heterocycles. The Balaban J connectivity index is 4.79. The van der Waals surface area contributed by atoms with E-state index < -0.39 is 32.5 Å². The monoisotopic (exact) mass is 576 g/mol. The third kappa shape index (κ3) is 13.3. The predicted molar refractivity (Wildman–Crippen MR) is 139 cm³/mol. The summed E-state index contributed by atoms with van der Waals surface area (Å²) in [5, 5.41) is 0. The van der Waals surface area contributed by atoms with Crippen molar-refractivity contribution in [2.75, 3.05) is 32.8 Å². The summed E-state index contributed by atoms with van der Waals surface area (Å²) in [5.41, 5.74) is 0. The van der Waals surface area contributed by atoms with Gasteiger partial charge in [0, 0.05) is 0 Å². The Kier molecular flexibility index (Phi) is 17.5. The number of unbranched alkanes of at least 4 members (excludes halogenated alkanes) is 2. The Labute approximate surface area is 188 Å². The van der Waals surface area contributed by atoms with E-state index in [1.165, 1.54) is 56.1 Å². The molecule has 0 amide bonds. The number of hydrogen-bond donors (Lipinski definition) is 0. The van der Waals surface area contributed by atoms with Crippen molar-refractivity contribution in [2.24, 2.45) is 0 Å². The van der Waals surface area contributed by atoms with Crippen molar-refractivity contribution < 1.29 is 13.3 Å². The van der Waals surface area contributed by atoms with Crippen molar-refractivity contribution >= 4 is 50.4 Å². The van der Waals surface area contributed by atoms with Crippen molar-refractivity contribution in [3.05, 3.63) is 0 Å². The maximum atomic E-state index is 5.75. The minimum atomic E-state index is -2.19. The molecule has 0 aromatic rings. The molecule has 0 atom stereocenters. The van der Waals surface area contributed by atoms with Crippen molar-refractivity contribution in [1.29, 1.82) is 0 Å². The molecule has 0 N–H and O–H groups in total. The van der Waals surface area contributed by atoms with Gasteiger partial charge in [-0.15, -0.1) is 0 Å². The molecule has 0 unspecified atom stereocenters. The molecule has 0 bridgehead atoms. The van der Waals surface area contributed by atoms with Gasteiger partial charge >= 0.3 is 189 Å². The van der Waals surface area contributed by atoms with Crippen LogP contribution in [-0.2, 0) is 13.3 Å². The average Bonchev–Trinajstić information content (AvgIpc) is 2.70. The summed E-state index contributed by atoms with van der Waals surface area (Å²) in [6, 6.07) is 2.42. The molecular weight excluding hydrogens is 527 g/mol. The summed E-state index contributed by atoms with van der Waals surface area (Å²) in [6.45, 7) is 11.6. The summed E-state index contributed by atoms with van der Waals surface area (Å²) in [4.78, 5) is 0. The molecule has 0 aliphatic rings. The van der Waals surface area contributed by atoms with E-state index in [2.05, 4.69) is 51.4 Å². The quantitative estimate of drug-likeness (QED) is 0.118. The Morgan fingerprint density at radius 1 is 0.679 bits per heavy atom. The molecule has 0 fully saturated rings. The molecule has 0 saturated carbocycles. The van der Waals surface area contributed by atoms with Gasteiger partial charge in [-0.2, -0.15) is 0 Å². The van der Waals surface area contributed by atoms with E-state index in [0.29, 0.717) is 0 Å². The molecule has 0 rings (SSSR count). The van der Waals surface area contributed by atoms with Crippen LogP contribution < -0.4 is 0 Å². The first-order valence-corrected chi connectivity index (χ1v) is 29.8. The van der Waals surface area contributed by atoms with Crippen LogP contribution in [0.15, 0.2) is 0 Å². The zero-order valence-corrected chi connectivity index (χ0v) is 26.5. The fourth-order valence-electron chi connectivity index (χ4n) is 3.14. The summed E-state index contributed by atoms with van der Waals surface area (Å²) in [6.07, 6.45) is 8.13. The fourth-order valence-corrected chi connectivity index (χ4v) is 37.5. The second-order valence-electron chi connectivity index (χ2n) is 8.53. The zero-order valence-electron chi connectivity index (χ0n) is 20.0. The Morgan fingerprint density at radius 2 is 1.14 bits per heavy atom. The van der Waals surface area contributed by atoms with E-state index >= 15 is 0 Å². The Morgan fingerprint density at radius 3 is 1.54 bits per heavy atom. The molecule has 170 valence electrons. The van der Waals surface area contributed by atoms with E-state index in [9.17, 15) is 0 Å². The van der Waals surface area contributed by atoms with Crippen LogP contribution in [0.4, 0.5) is 0 Å². The van der Waals surface area contributed by atoms with Crippen molar-refractivity contribution in [1.82, 2.24) is 0 Å². The third-order valence-corrected chi connectivity index (χ3v) is 42.4. The summed E-state index contributed by atoms with van der Waals surface area (Å²) >= 11 is -2.19. The van der Waals surface area contributed by atoms with E-state index in [1.807, 2.05) is 21.3 Å². The molecule has 0 aromatic carbocycles. The van der Waals surface area contributed by atoms with Crippen molar-refractivity contribution in [3.63, 3.8) is 0 Å². The third-order valence-electron chi connectivity index (χ3n) is 5.67. The van der Waals surface area contributed by atoms with Gasteiger partial charge < -0.3 is 0 Å². The predicted octanol–water partition coefficient (Wildman–Crippen LogP) is 7.49. The van der Waals surface area contributed by atoms with Crippen LogP contribution >= 0.6 is 17.9 Å². The van der Waals surface area contributed by atoms with Gasteiger partial charge in [-0.1, -0.05) is 0 Å². The molecule has 0 radical (unpaired) electrons. The summed E-state index contributed by atoms with van der Waals surface area (Å²) in [5.74, 6) is 2.67. The zero-order chi connectivity index (χ0) is 21.5. The van der Waals surface area contributed by atoms with E-state index in [1.54, 1.807) is 8.87 Å². The van der Waals surface area contributed by atoms with Crippen molar-refractivity contribution in [2.45, 2.75) is 93.0 Å². The molecule has 0 aliphatic carbocycles. The number of hydrogen-bond acceptors (Lipinski definition) is 5. The van der Waals surface area contributed by atoms with Gasteiger partial charge in [0.1, 0.15) is 0 Å². The normalized spacial score (nSPS) is 13.3. The van der Waals surface area contributed by atoms with Crippen LogP contribution in [0.25, 0.3) is 0 Å². The molecule has 3 nitrogen and oxygen atoms in total. The van der Waals surface area contributed by atoms with Crippen LogP contribution in [0.3, 0.4) is 0 Å². The van der Waals surface area contributed by atoms with Gasteiger partial charge in [-0.3, -0.25) is 0 Å². The SMILES string of the molecule is CCC[CH2][Sn]([CH2]CCC)([S]CCC[Si](C)(C)OC)[S]CCC[Si](C)(OC)OC. The van der Waals surface area contributed by atoms with Gasteiger partial charge in [-0.25, -0.2) is 0 Å². The summed E-state index contributed by atoms with van der Waals surface area (Å²) < 4.78 is 20.2. The van der Waals surface area contributed by atoms with Crippen LogP contribution in [0.1, 0.15) is 52.4 Å². The van der Waals surface area contributed by atoms with Crippen LogP contribution in [0.5, 0.6) is 0 Å². The van der Waals surface area contributed by atoms with Gasteiger partial charge in [-0.05, 0) is 0 Å². The molecule has 0 spiro atoms. The van der Waals surface area contributed by atoms with Gasteiger partial charge in [0.2, 0.25) is 0 Å². The minimum absolute atomic E-state index is 1.12. The number of rotatable bonds is 19. The van der Waals surface area contributed by atoms with Crippen molar-refractivity contribution in [3.8, 4) is 0 Å². The molecule has 8 heteroatoms.